The SMILES string of the molecule is CC(C)Cn1cc(CNCCO)cn1. The van der Waals surface area contributed by atoms with Gasteiger partial charge in [0.2, 0.25) is 0 Å². The fourth-order valence-corrected chi connectivity index (χ4v) is 1.28. The average molecular weight is 197 g/mol. The summed E-state index contributed by atoms with van der Waals surface area (Å²) in [6.45, 7) is 6.89. The minimum absolute atomic E-state index is 0.181. The zero-order valence-corrected chi connectivity index (χ0v) is 8.90. The van der Waals surface area contributed by atoms with E-state index in [-0.39, 0.29) is 6.61 Å². The number of aliphatic hydroxyl groups is 1. The van der Waals surface area contributed by atoms with Gasteiger partial charge in [0, 0.05) is 31.4 Å². The maximum atomic E-state index is 8.59. The first kappa shape index (κ1) is 11.2. The molecule has 0 atom stereocenters. The first-order valence-electron chi connectivity index (χ1n) is 5.05. The van der Waals surface area contributed by atoms with Crippen molar-refractivity contribution >= 4 is 0 Å². The van der Waals surface area contributed by atoms with Crippen LogP contribution < -0.4 is 5.32 Å². The quantitative estimate of drug-likeness (QED) is 0.657. The Morgan fingerprint density at radius 2 is 2.36 bits per heavy atom. The van der Waals surface area contributed by atoms with E-state index in [4.69, 9.17) is 5.11 Å². The Hall–Kier alpha value is -0.870. The lowest BCUT2D eigenvalue weighted by Crippen LogP contribution is -2.17. The number of rotatable bonds is 6. The largest absolute Gasteiger partial charge is 0.395 e. The van der Waals surface area contributed by atoms with Gasteiger partial charge in [-0.25, -0.2) is 0 Å². The topological polar surface area (TPSA) is 50.1 Å². The van der Waals surface area contributed by atoms with Crippen LogP contribution in [0.2, 0.25) is 0 Å². The van der Waals surface area contributed by atoms with E-state index in [0.29, 0.717) is 12.5 Å². The van der Waals surface area contributed by atoms with Gasteiger partial charge in [-0.05, 0) is 5.92 Å². The summed E-state index contributed by atoms with van der Waals surface area (Å²) < 4.78 is 1.96. The molecule has 0 aliphatic carbocycles. The van der Waals surface area contributed by atoms with E-state index in [0.717, 1.165) is 13.1 Å². The van der Waals surface area contributed by atoms with Gasteiger partial charge in [-0.2, -0.15) is 5.10 Å². The number of hydrogen-bond donors (Lipinski definition) is 2. The molecule has 0 radical (unpaired) electrons. The number of nitrogens with one attached hydrogen (secondary N) is 1. The molecule has 1 aromatic heterocycles. The van der Waals surface area contributed by atoms with Crippen molar-refractivity contribution in [2.75, 3.05) is 13.2 Å². The van der Waals surface area contributed by atoms with Gasteiger partial charge in [0.15, 0.2) is 0 Å². The van der Waals surface area contributed by atoms with Crippen LogP contribution >= 0.6 is 0 Å². The third-order valence-corrected chi connectivity index (χ3v) is 1.86. The molecule has 0 aromatic carbocycles. The average Bonchev–Trinajstić information content (AvgIpc) is 2.52. The predicted octanol–water partition coefficient (Wildman–Crippen LogP) is 0.621. The van der Waals surface area contributed by atoms with Crippen LogP contribution in [-0.2, 0) is 13.1 Å². The first-order valence-corrected chi connectivity index (χ1v) is 5.05. The van der Waals surface area contributed by atoms with Gasteiger partial charge in [-0.15, -0.1) is 0 Å². The maximum Gasteiger partial charge on any atom is 0.0556 e. The van der Waals surface area contributed by atoms with Crippen molar-refractivity contribution in [2.45, 2.75) is 26.9 Å². The minimum Gasteiger partial charge on any atom is -0.395 e. The van der Waals surface area contributed by atoms with Crippen LogP contribution in [0.1, 0.15) is 19.4 Å². The molecule has 1 rings (SSSR count). The molecule has 0 fully saturated rings. The lowest BCUT2D eigenvalue weighted by Gasteiger charge is -2.03. The molecule has 0 amide bonds. The second-order valence-electron chi connectivity index (χ2n) is 3.86. The third-order valence-electron chi connectivity index (χ3n) is 1.86. The summed E-state index contributed by atoms with van der Waals surface area (Å²) in [6.07, 6.45) is 3.91. The number of aromatic nitrogens is 2. The molecule has 4 nitrogen and oxygen atoms in total. The van der Waals surface area contributed by atoms with E-state index in [2.05, 4.69) is 24.3 Å². The molecular weight excluding hydrogens is 178 g/mol. The fraction of sp³-hybridized carbons (Fsp3) is 0.700. The number of nitrogens with zero attached hydrogens (tertiary/aromatic N) is 2. The maximum absolute atomic E-state index is 8.59. The Balaban J connectivity index is 2.35. The fourth-order valence-electron chi connectivity index (χ4n) is 1.28. The van der Waals surface area contributed by atoms with Gasteiger partial charge in [-0.1, -0.05) is 13.8 Å². The Morgan fingerprint density at radius 3 is 3.00 bits per heavy atom. The van der Waals surface area contributed by atoms with E-state index >= 15 is 0 Å². The van der Waals surface area contributed by atoms with Crippen LogP contribution in [0.25, 0.3) is 0 Å². The van der Waals surface area contributed by atoms with Crippen LogP contribution in [-0.4, -0.2) is 28.0 Å². The summed E-state index contributed by atoms with van der Waals surface area (Å²) in [7, 11) is 0. The molecule has 80 valence electrons. The van der Waals surface area contributed by atoms with Gasteiger partial charge in [-0.3, -0.25) is 4.68 Å². The summed E-state index contributed by atoms with van der Waals surface area (Å²) in [5.41, 5.74) is 1.17. The Labute approximate surface area is 84.9 Å². The Bertz CT molecular complexity index is 258. The molecule has 4 heteroatoms. The Kier molecular flexibility index (Phi) is 4.62. The van der Waals surface area contributed by atoms with Crippen LogP contribution in [0.4, 0.5) is 0 Å². The van der Waals surface area contributed by atoms with Gasteiger partial charge in [0.05, 0.1) is 12.8 Å². The number of hydrogen-bond acceptors (Lipinski definition) is 3. The van der Waals surface area contributed by atoms with E-state index in [1.165, 1.54) is 5.56 Å². The Morgan fingerprint density at radius 1 is 1.57 bits per heavy atom. The molecule has 2 N–H and O–H groups in total. The van der Waals surface area contributed by atoms with Gasteiger partial charge < -0.3 is 10.4 Å². The van der Waals surface area contributed by atoms with Crippen molar-refractivity contribution in [1.29, 1.82) is 0 Å². The van der Waals surface area contributed by atoms with Crippen LogP contribution in [0.3, 0.4) is 0 Å². The second kappa shape index (κ2) is 5.78. The molecule has 0 spiro atoms. The highest BCUT2D eigenvalue weighted by Crippen LogP contribution is 2.01. The summed E-state index contributed by atoms with van der Waals surface area (Å²) in [6, 6.07) is 0. The first-order chi connectivity index (χ1) is 6.72. The third kappa shape index (κ3) is 3.89. The molecule has 0 saturated carbocycles. The van der Waals surface area contributed by atoms with Gasteiger partial charge in [0.25, 0.3) is 0 Å². The van der Waals surface area contributed by atoms with Crippen LogP contribution in [0.15, 0.2) is 12.4 Å². The van der Waals surface area contributed by atoms with E-state index in [1.807, 2.05) is 17.1 Å². The normalized spacial score (nSPS) is 11.1. The minimum atomic E-state index is 0.181. The van der Waals surface area contributed by atoms with Crippen molar-refractivity contribution in [3.63, 3.8) is 0 Å². The molecule has 0 saturated heterocycles. The lowest BCUT2D eigenvalue weighted by molar-refractivity contribution is 0.292. The highest BCUT2D eigenvalue weighted by Gasteiger charge is 1.99. The summed E-state index contributed by atoms with van der Waals surface area (Å²) in [5, 5.41) is 15.9. The predicted molar refractivity (Wildman–Crippen MR) is 55.9 cm³/mol. The highest BCUT2D eigenvalue weighted by molar-refractivity contribution is 5.03. The van der Waals surface area contributed by atoms with Gasteiger partial charge in [0.1, 0.15) is 0 Å². The molecular formula is C10H19N3O. The van der Waals surface area contributed by atoms with Crippen molar-refractivity contribution < 1.29 is 5.11 Å². The summed E-state index contributed by atoms with van der Waals surface area (Å²) >= 11 is 0. The smallest absolute Gasteiger partial charge is 0.0556 e. The van der Waals surface area contributed by atoms with Crippen LogP contribution in [0, 0.1) is 5.92 Å². The molecule has 1 aromatic rings. The van der Waals surface area contributed by atoms with E-state index in [9.17, 15) is 0 Å². The second-order valence-corrected chi connectivity index (χ2v) is 3.86. The van der Waals surface area contributed by atoms with Crippen molar-refractivity contribution in [2.24, 2.45) is 5.92 Å². The van der Waals surface area contributed by atoms with Crippen molar-refractivity contribution in [3.8, 4) is 0 Å². The van der Waals surface area contributed by atoms with E-state index in [1.54, 1.807) is 0 Å². The molecule has 0 aliphatic rings. The summed E-state index contributed by atoms with van der Waals surface area (Å²) in [5.74, 6) is 0.619. The lowest BCUT2D eigenvalue weighted by atomic mass is 10.2. The molecule has 0 unspecified atom stereocenters. The standard InChI is InChI=1S/C10H19N3O/c1-9(2)7-13-8-10(6-12-13)5-11-3-4-14/h6,8-9,11,14H,3-5,7H2,1-2H3. The van der Waals surface area contributed by atoms with E-state index < -0.39 is 0 Å². The summed E-state index contributed by atoms with van der Waals surface area (Å²) in [4.78, 5) is 0. The monoisotopic (exact) mass is 197 g/mol. The molecule has 14 heavy (non-hydrogen) atoms. The molecule has 1 heterocycles. The van der Waals surface area contributed by atoms with Crippen LogP contribution in [0.5, 0.6) is 0 Å². The highest BCUT2D eigenvalue weighted by atomic mass is 16.3. The molecule has 0 bridgehead atoms. The van der Waals surface area contributed by atoms with Crippen molar-refractivity contribution in [3.05, 3.63) is 18.0 Å². The number of aliphatic hydroxyl groups excluding tert-OH is 1. The zero-order chi connectivity index (χ0) is 10.4. The van der Waals surface area contributed by atoms with Crippen molar-refractivity contribution in [1.82, 2.24) is 15.1 Å². The zero-order valence-electron chi connectivity index (χ0n) is 8.90. The van der Waals surface area contributed by atoms with Gasteiger partial charge >= 0.3 is 0 Å². The molecule has 0 aliphatic heterocycles.